The number of piperazine rings is 1. The summed E-state index contributed by atoms with van der Waals surface area (Å²) >= 11 is 0. The lowest BCUT2D eigenvalue weighted by atomic mass is 9.96. The van der Waals surface area contributed by atoms with Crippen molar-refractivity contribution in [2.24, 2.45) is 0 Å². The minimum absolute atomic E-state index is 0.0592. The average Bonchev–Trinajstić information content (AvgIpc) is 3.70. The summed E-state index contributed by atoms with van der Waals surface area (Å²) in [5.74, 6) is 0.810. The first-order valence-electron chi connectivity index (χ1n) is 14.8. The first-order chi connectivity index (χ1) is 21.5. The van der Waals surface area contributed by atoms with Crippen molar-refractivity contribution in [2.45, 2.75) is 46.1 Å². The molecule has 1 fully saturated rings. The number of nitrogens with zero attached hydrogens (tertiary/aromatic N) is 7. The van der Waals surface area contributed by atoms with Crippen molar-refractivity contribution in [3.63, 3.8) is 0 Å². The minimum atomic E-state index is -0.889. The van der Waals surface area contributed by atoms with Gasteiger partial charge in [-0.3, -0.25) is 4.79 Å². The summed E-state index contributed by atoms with van der Waals surface area (Å²) in [5, 5.41) is 17.0. The van der Waals surface area contributed by atoms with Gasteiger partial charge in [-0.1, -0.05) is 38.1 Å². The maximum atomic E-state index is 12.8. The second-order valence-corrected chi connectivity index (χ2v) is 12.3. The van der Waals surface area contributed by atoms with E-state index in [9.17, 15) is 14.7 Å². The third-order valence-electron chi connectivity index (χ3n) is 8.01. The Hall–Kier alpha value is -5.33. The summed E-state index contributed by atoms with van der Waals surface area (Å²) in [6.07, 6.45) is 2.46. The lowest BCUT2D eigenvalue weighted by molar-refractivity contribution is 0.0895. The van der Waals surface area contributed by atoms with Crippen LogP contribution in [0.2, 0.25) is 0 Å². The van der Waals surface area contributed by atoms with E-state index >= 15 is 0 Å². The molecule has 232 valence electrons. The van der Waals surface area contributed by atoms with Gasteiger partial charge < -0.3 is 29.7 Å². The van der Waals surface area contributed by atoms with Gasteiger partial charge in [-0.05, 0) is 49.2 Å². The SMILES string of the molecule is Cc1cc(-c2ncnc3[nH]c(-c4ccc(N5CCN(C(=O)O)CC5)nc4)cc23)ccc1[C@@H](C)NC(=O)c1nc(C(C)(C)C)no1. The number of fused-ring (bicyclic) bond motifs is 1. The molecule has 2 amide bonds. The van der Waals surface area contributed by atoms with Crippen molar-refractivity contribution >= 4 is 28.9 Å². The molecule has 0 saturated carbocycles. The minimum Gasteiger partial charge on any atom is -0.465 e. The molecule has 1 atom stereocenters. The predicted octanol–water partition coefficient (Wildman–Crippen LogP) is 4.97. The maximum Gasteiger partial charge on any atom is 0.407 e. The largest absolute Gasteiger partial charge is 0.465 e. The molecule has 5 aromatic rings. The number of nitrogens with one attached hydrogen (secondary N) is 2. The summed E-state index contributed by atoms with van der Waals surface area (Å²) < 4.78 is 5.20. The zero-order valence-corrected chi connectivity index (χ0v) is 25.8. The van der Waals surface area contributed by atoms with E-state index in [1.807, 2.05) is 71.1 Å². The van der Waals surface area contributed by atoms with Gasteiger partial charge in [-0.15, -0.1) is 0 Å². The smallest absolute Gasteiger partial charge is 0.407 e. The lowest BCUT2D eigenvalue weighted by Crippen LogP contribution is -2.48. The van der Waals surface area contributed by atoms with E-state index in [2.05, 4.69) is 46.4 Å². The van der Waals surface area contributed by atoms with Gasteiger partial charge in [0, 0.05) is 60.0 Å². The third kappa shape index (κ3) is 6.06. The molecule has 4 aromatic heterocycles. The number of aromatic nitrogens is 6. The molecule has 0 bridgehead atoms. The normalized spacial score (nSPS) is 14.5. The molecule has 13 heteroatoms. The van der Waals surface area contributed by atoms with Crippen LogP contribution in [0.5, 0.6) is 0 Å². The molecule has 6 rings (SSSR count). The van der Waals surface area contributed by atoms with Crippen LogP contribution < -0.4 is 10.2 Å². The number of hydrogen-bond acceptors (Lipinski definition) is 9. The van der Waals surface area contributed by atoms with Crippen molar-refractivity contribution in [3.05, 3.63) is 71.8 Å². The van der Waals surface area contributed by atoms with Crippen LogP contribution in [0.4, 0.5) is 10.6 Å². The third-order valence-corrected chi connectivity index (χ3v) is 8.01. The molecule has 45 heavy (non-hydrogen) atoms. The number of carboxylic acid groups (broad SMARTS) is 1. The van der Waals surface area contributed by atoms with E-state index in [1.165, 1.54) is 4.90 Å². The van der Waals surface area contributed by atoms with E-state index in [0.29, 0.717) is 37.7 Å². The molecular formula is C32H35N9O4. The van der Waals surface area contributed by atoms with Gasteiger partial charge >= 0.3 is 17.9 Å². The molecule has 5 heterocycles. The second-order valence-electron chi connectivity index (χ2n) is 12.3. The Morgan fingerprint density at radius 2 is 1.78 bits per heavy atom. The van der Waals surface area contributed by atoms with Crippen LogP contribution in [0.25, 0.3) is 33.5 Å². The fourth-order valence-electron chi connectivity index (χ4n) is 5.45. The van der Waals surface area contributed by atoms with E-state index in [-0.39, 0.29) is 17.3 Å². The van der Waals surface area contributed by atoms with E-state index in [1.54, 1.807) is 6.33 Å². The molecule has 0 aliphatic carbocycles. The van der Waals surface area contributed by atoms with Crippen LogP contribution in [-0.4, -0.2) is 78.3 Å². The molecule has 0 spiro atoms. The van der Waals surface area contributed by atoms with E-state index < -0.39 is 12.0 Å². The number of carbonyl (C=O) groups excluding carboxylic acids is 1. The summed E-state index contributed by atoms with van der Waals surface area (Å²) in [6, 6.07) is 11.7. The van der Waals surface area contributed by atoms with Crippen molar-refractivity contribution in [1.82, 2.24) is 40.3 Å². The number of H-pyrrole nitrogens is 1. The number of aryl methyl sites for hydroxylation is 1. The Morgan fingerprint density at radius 3 is 2.42 bits per heavy atom. The summed E-state index contributed by atoms with van der Waals surface area (Å²) in [7, 11) is 0. The number of rotatable bonds is 6. The molecular weight excluding hydrogens is 574 g/mol. The molecule has 1 saturated heterocycles. The molecule has 1 aromatic carbocycles. The number of pyridine rings is 1. The number of hydrogen-bond donors (Lipinski definition) is 3. The Morgan fingerprint density at radius 1 is 1.02 bits per heavy atom. The van der Waals surface area contributed by atoms with E-state index in [4.69, 9.17) is 4.52 Å². The fraction of sp³-hybridized carbons (Fsp3) is 0.344. The maximum absolute atomic E-state index is 12.8. The highest BCUT2D eigenvalue weighted by molar-refractivity contribution is 5.94. The zero-order valence-electron chi connectivity index (χ0n) is 25.8. The van der Waals surface area contributed by atoms with Gasteiger partial charge in [-0.25, -0.2) is 19.7 Å². The lowest BCUT2D eigenvalue weighted by Gasteiger charge is -2.33. The highest BCUT2D eigenvalue weighted by Crippen LogP contribution is 2.32. The Labute approximate surface area is 259 Å². The first kappa shape index (κ1) is 29.7. The molecule has 1 aliphatic rings. The summed E-state index contributed by atoms with van der Waals surface area (Å²) in [4.78, 5) is 48.9. The van der Waals surface area contributed by atoms with Crippen LogP contribution in [-0.2, 0) is 5.41 Å². The van der Waals surface area contributed by atoms with Gasteiger partial charge in [0.1, 0.15) is 17.8 Å². The van der Waals surface area contributed by atoms with Crippen molar-refractivity contribution in [3.8, 4) is 22.5 Å². The molecule has 3 N–H and O–H groups in total. The highest BCUT2D eigenvalue weighted by Gasteiger charge is 2.25. The quantitative estimate of drug-likeness (QED) is 0.239. The Bertz CT molecular complexity index is 1870. The number of amides is 2. The van der Waals surface area contributed by atoms with Crippen LogP contribution in [0.1, 0.15) is 61.4 Å². The topological polar surface area (TPSA) is 166 Å². The van der Waals surface area contributed by atoms with Gasteiger partial charge in [0.2, 0.25) is 0 Å². The predicted molar refractivity (Wildman–Crippen MR) is 168 cm³/mol. The second kappa shape index (κ2) is 11.6. The first-order valence-corrected chi connectivity index (χ1v) is 14.8. The monoisotopic (exact) mass is 609 g/mol. The van der Waals surface area contributed by atoms with Crippen LogP contribution in [0.3, 0.4) is 0 Å². The Kier molecular flexibility index (Phi) is 7.69. The van der Waals surface area contributed by atoms with Crippen LogP contribution in [0, 0.1) is 6.92 Å². The van der Waals surface area contributed by atoms with Crippen molar-refractivity contribution in [2.75, 3.05) is 31.1 Å². The fourth-order valence-corrected chi connectivity index (χ4v) is 5.45. The van der Waals surface area contributed by atoms with Crippen molar-refractivity contribution < 1.29 is 19.2 Å². The van der Waals surface area contributed by atoms with Crippen LogP contribution >= 0.6 is 0 Å². The number of benzene rings is 1. The highest BCUT2D eigenvalue weighted by atomic mass is 16.5. The zero-order chi connectivity index (χ0) is 31.9. The number of carbonyl (C=O) groups is 2. The van der Waals surface area contributed by atoms with Gasteiger partial charge in [0.25, 0.3) is 0 Å². The molecule has 13 nitrogen and oxygen atoms in total. The molecule has 1 aliphatic heterocycles. The van der Waals surface area contributed by atoms with Gasteiger partial charge in [0.05, 0.1) is 11.7 Å². The van der Waals surface area contributed by atoms with Crippen LogP contribution in [0.15, 0.2) is 53.4 Å². The van der Waals surface area contributed by atoms with E-state index in [0.717, 1.165) is 44.8 Å². The number of anilines is 1. The number of aromatic amines is 1. The summed E-state index contributed by atoms with van der Waals surface area (Å²) in [6.45, 7) is 11.9. The summed E-state index contributed by atoms with van der Waals surface area (Å²) in [5.41, 5.74) is 5.81. The standard InChI is InChI=1S/C32H35N9O4/c1-18-14-20(6-8-22(18)19(2)36-28(42)29-38-30(39-45-29)32(3,4)5)26-23-15-24(37-27(23)35-17-34-26)21-7-9-25(33-16-21)40-10-12-41(13-11-40)31(43)44/h6-9,14-17,19H,10-13H2,1-5H3,(H,36,42)(H,43,44)(H,34,35,37)/t19-/m1/s1. The van der Waals surface area contributed by atoms with Gasteiger partial charge in [-0.2, -0.15) is 4.98 Å². The molecule has 0 unspecified atom stereocenters. The Balaban J connectivity index is 1.18. The van der Waals surface area contributed by atoms with Gasteiger partial charge in [0.15, 0.2) is 5.82 Å². The average molecular weight is 610 g/mol. The molecule has 0 radical (unpaired) electrons. The van der Waals surface area contributed by atoms with Crippen molar-refractivity contribution in [1.29, 1.82) is 0 Å².